The minimum absolute atomic E-state index is 0.208. The van der Waals surface area contributed by atoms with E-state index in [-0.39, 0.29) is 5.91 Å². The lowest BCUT2D eigenvalue weighted by molar-refractivity contribution is 0.0957. The molecule has 1 aromatic carbocycles. The first kappa shape index (κ1) is 19.0. The Morgan fingerprint density at radius 2 is 2.07 bits per heavy atom. The number of hydrogen-bond donors (Lipinski definition) is 2. The number of hydrogen-bond acceptors (Lipinski definition) is 6. The molecule has 0 radical (unpaired) electrons. The van der Waals surface area contributed by atoms with Crippen molar-refractivity contribution in [2.24, 2.45) is 0 Å². The first-order chi connectivity index (χ1) is 14.7. The van der Waals surface area contributed by atoms with E-state index in [9.17, 15) is 4.79 Å². The van der Waals surface area contributed by atoms with Gasteiger partial charge in [0.2, 0.25) is 0 Å². The van der Waals surface area contributed by atoms with Crippen LogP contribution in [0.15, 0.2) is 36.5 Å². The SMILES string of the molecule is CNC(=O)c1ccc2ncc(Cc3ccc4nc(NC5CCCCC5)sc4c3)n2n1. The summed E-state index contributed by atoms with van der Waals surface area (Å²) < 4.78 is 2.93. The van der Waals surface area contributed by atoms with E-state index in [0.29, 0.717) is 18.2 Å². The van der Waals surface area contributed by atoms with Gasteiger partial charge in [-0.15, -0.1) is 0 Å². The molecule has 1 amide bonds. The molecule has 0 spiro atoms. The first-order valence-electron chi connectivity index (χ1n) is 10.4. The Morgan fingerprint density at radius 1 is 1.20 bits per heavy atom. The fourth-order valence-electron chi connectivity index (χ4n) is 4.06. The molecule has 0 aliphatic heterocycles. The zero-order chi connectivity index (χ0) is 20.5. The second kappa shape index (κ2) is 8.02. The maximum absolute atomic E-state index is 11.9. The van der Waals surface area contributed by atoms with Gasteiger partial charge in [-0.05, 0) is 42.7 Å². The summed E-state index contributed by atoms with van der Waals surface area (Å²) in [5, 5.41) is 11.7. The normalized spacial score (nSPS) is 15.0. The molecule has 8 heteroatoms. The molecular formula is C22H24N6OS. The van der Waals surface area contributed by atoms with Gasteiger partial charge in [-0.3, -0.25) is 4.79 Å². The monoisotopic (exact) mass is 420 g/mol. The van der Waals surface area contributed by atoms with Gasteiger partial charge in [-0.25, -0.2) is 14.5 Å². The van der Waals surface area contributed by atoms with Crippen LogP contribution in [0.25, 0.3) is 15.9 Å². The van der Waals surface area contributed by atoms with E-state index in [1.54, 1.807) is 29.0 Å². The summed E-state index contributed by atoms with van der Waals surface area (Å²) >= 11 is 1.72. The van der Waals surface area contributed by atoms with Gasteiger partial charge in [0, 0.05) is 19.5 Å². The number of carbonyl (C=O) groups is 1. The fraction of sp³-hybridized carbons (Fsp3) is 0.364. The van der Waals surface area contributed by atoms with Crippen molar-refractivity contribution in [3.8, 4) is 0 Å². The number of aromatic nitrogens is 4. The molecule has 5 rings (SSSR count). The fourth-order valence-corrected chi connectivity index (χ4v) is 5.07. The molecule has 0 saturated heterocycles. The van der Waals surface area contributed by atoms with Gasteiger partial charge in [-0.1, -0.05) is 36.7 Å². The maximum atomic E-state index is 11.9. The van der Waals surface area contributed by atoms with Crippen molar-refractivity contribution in [2.75, 3.05) is 12.4 Å². The van der Waals surface area contributed by atoms with Crippen molar-refractivity contribution in [1.82, 2.24) is 24.9 Å². The van der Waals surface area contributed by atoms with Crippen molar-refractivity contribution in [3.05, 3.63) is 53.5 Å². The Balaban J connectivity index is 1.39. The van der Waals surface area contributed by atoms with Gasteiger partial charge < -0.3 is 10.6 Å². The van der Waals surface area contributed by atoms with E-state index in [1.165, 1.54) is 42.4 Å². The highest BCUT2D eigenvalue weighted by Gasteiger charge is 2.15. The average Bonchev–Trinajstić information content (AvgIpc) is 3.36. The van der Waals surface area contributed by atoms with Crippen molar-refractivity contribution in [2.45, 2.75) is 44.6 Å². The first-order valence-corrected chi connectivity index (χ1v) is 11.2. The van der Waals surface area contributed by atoms with E-state index < -0.39 is 0 Å². The molecule has 0 unspecified atom stereocenters. The van der Waals surface area contributed by atoms with Crippen molar-refractivity contribution in [3.63, 3.8) is 0 Å². The highest BCUT2D eigenvalue weighted by Crippen LogP contribution is 2.30. The topological polar surface area (TPSA) is 84.2 Å². The van der Waals surface area contributed by atoms with Crippen LogP contribution in [-0.2, 0) is 6.42 Å². The van der Waals surface area contributed by atoms with Gasteiger partial charge in [0.05, 0.1) is 22.1 Å². The molecule has 0 atom stereocenters. The molecule has 7 nitrogen and oxygen atoms in total. The van der Waals surface area contributed by atoms with E-state index in [4.69, 9.17) is 4.98 Å². The Hall–Kier alpha value is -3.00. The number of nitrogens with zero attached hydrogens (tertiary/aromatic N) is 4. The molecular weight excluding hydrogens is 396 g/mol. The van der Waals surface area contributed by atoms with Crippen LogP contribution in [-0.4, -0.2) is 38.6 Å². The number of rotatable bonds is 5. The molecule has 3 heterocycles. The summed E-state index contributed by atoms with van der Waals surface area (Å²) in [7, 11) is 1.60. The number of benzene rings is 1. The molecule has 1 aliphatic carbocycles. The van der Waals surface area contributed by atoms with Gasteiger partial charge in [0.1, 0.15) is 5.69 Å². The van der Waals surface area contributed by atoms with Crippen LogP contribution in [0.2, 0.25) is 0 Å². The van der Waals surface area contributed by atoms with Crippen molar-refractivity contribution < 1.29 is 4.79 Å². The standard InChI is InChI=1S/C22H24N6OS/c1-23-21(29)18-9-10-20-24-13-16(28(20)27-18)11-14-7-8-17-19(12-14)30-22(26-17)25-15-5-3-2-4-6-15/h7-10,12-13,15H,2-6,11H2,1H3,(H,23,29)(H,25,26). The lowest BCUT2D eigenvalue weighted by atomic mass is 9.96. The van der Waals surface area contributed by atoms with Crippen LogP contribution < -0.4 is 10.6 Å². The third-order valence-electron chi connectivity index (χ3n) is 5.66. The predicted molar refractivity (Wildman–Crippen MR) is 119 cm³/mol. The van der Waals surface area contributed by atoms with Gasteiger partial charge in [0.25, 0.3) is 5.91 Å². The number of carbonyl (C=O) groups excluding carboxylic acids is 1. The van der Waals surface area contributed by atoms with E-state index in [0.717, 1.165) is 22.0 Å². The summed E-state index contributed by atoms with van der Waals surface area (Å²) in [6.45, 7) is 0. The highest BCUT2D eigenvalue weighted by molar-refractivity contribution is 7.22. The largest absolute Gasteiger partial charge is 0.359 e. The molecule has 154 valence electrons. The van der Waals surface area contributed by atoms with Crippen LogP contribution in [0.4, 0.5) is 5.13 Å². The summed E-state index contributed by atoms with van der Waals surface area (Å²) in [4.78, 5) is 21.1. The van der Waals surface area contributed by atoms with Crippen molar-refractivity contribution in [1.29, 1.82) is 0 Å². The molecule has 0 bridgehead atoms. The average molecular weight is 421 g/mol. The zero-order valence-electron chi connectivity index (χ0n) is 16.9. The summed E-state index contributed by atoms with van der Waals surface area (Å²) in [5.41, 5.74) is 4.25. The van der Waals surface area contributed by atoms with E-state index >= 15 is 0 Å². The number of thiazole rings is 1. The quantitative estimate of drug-likeness (QED) is 0.509. The van der Waals surface area contributed by atoms with E-state index in [2.05, 4.69) is 38.9 Å². The summed E-state index contributed by atoms with van der Waals surface area (Å²) in [6.07, 6.45) is 8.95. The van der Waals surface area contributed by atoms with Crippen LogP contribution in [0, 0.1) is 0 Å². The Bertz CT molecular complexity index is 1210. The van der Waals surface area contributed by atoms with Crippen LogP contribution in [0.3, 0.4) is 0 Å². The maximum Gasteiger partial charge on any atom is 0.271 e. The van der Waals surface area contributed by atoms with Crippen LogP contribution in [0.1, 0.15) is 53.8 Å². The summed E-state index contributed by atoms with van der Waals surface area (Å²) in [6, 6.07) is 10.4. The number of nitrogens with one attached hydrogen (secondary N) is 2. The molecule has 30 heavy (non-hydrogen) atoms. The molecule has 2 N–H and O–H groups in total. The summed E-state index contributed by atoms with van der Waals surface area (Å²) in [5.74, 6) is -0.208. The lowest BCUT2D eigenvalue weighted by Crippen LogP contribution is -2.21. The number of anilines is 1. The smallest absolute Gasteiger partial charge is 0.271 e. The molecule has 1 saturated carbocycles. The molecule has 3 aromatic heterocycles. The van der Waals surface area contributed by atoms with Gasteiger partial charge >= 0.3 is 0 Å². The third kappa shape index (κ3) is 3.75. The Kier molecular flexibility index (Phi) is 5.08. The van der Waals surface area contributed by atoms with Crippen LogP contribution in [0.5, 0.6) is 0 Å². The van der Waals surface area contributed by atoms with Gasteiger partial charge in [0.15, 0.2) is 10.8 Å². The van der Waals surface area contributed by atoms with Crippen LogP contribution >= 0.6 is 11.3 Å². The van der Waals surface area contributed by atoms with E-state index in [1.807, 2.05) is 12.3 Å². The number of imidazole rings is 1. The minimum atomic E-state index is -0.208. The number of amides is 1. The highest BCUT2D eigenvalue weighted by atomic mass is 32.1. The van der Waals surface area contributed by atoms with Crippen molar-refractivity contribution >= 4 is 38.2 Å². The predicted octanol–water partition coefficient (Wildman–Crippen LogP) is 4.03. The Labute approximate surface area is 178 Å². The molecule has 4 aromatic rings. The zero-order valence-corrected chi connectivity index (χ0v) is 17.7. The second-order valence-corrected chi connectivity index (χ2v) is 8.83. The second-order valence-electron chi connectivity index (χ2n) is 7.79. The minimum Gasteiger partial charge on any atom is -0.359 e. The Morgan fingerprint density at radius 3 is 2.90 bits per heavy atom. The molecule has 1 aliphatic rings. The molecule has 1 fully saturated rings. The van der Waals surface area contributed by atoms with Gasteiger partial charge in [-0.2, -0.15) is 5.10 Å². The lowest BCUT2D eigenvalue weighted by Gasteiger charge is -2.22. The number of fused-ring (bicyclic) bond motifs is 2. The third-order valence-corrected chi connectivity index (χ3v) is 6.61.